The highest BCUT2D eigenvalue weighted by atomic mass is 79.9. The third kappa shape index (κ3) is 5.74. The summed E-state index contributed by atoms with van der Waals surface area (Å²) in [7, 11) is 0. The van der Waals surface area contributed by atoms with Gasteiger partial charge in [0.25, 0.3) is 5.91 Å². The maximum atomic E-state index is 12.0. The van der Waals surface area contributed by atoms with E-state index in [0.29, 0.717) is 0 Å². The number of rotatable bonds is 8. The number of nitrogens with zero attached hydrogens (tertiary/aromatic N) is 1. The second-order valence-electron chi connectivity index (χ2n) is 4.47. The van der Waals surface area contributed by atoms with Crippen molar-refractivity contribution in [3.63, 3.8) is 0 Å². The average Bonchev–Trinajstić information content (AvgIpc) is 2.47. The van der Waals surface area contributed by atoms with Crippen LogP contribution in [0.25, 0.3) is 0 Å². The molecule has 0 heterocycles. The predicted octanol–water partition coefficient (Wildman–Crippen LogP) is 3.04. The highest BCUT2D eigenvalue weighted by Gasteiger charge is 2.05. The maximum Gasteiger partial charge on any atom is 0.251 e. The first kappa shape index (κ1) is 16.2. The number of hydrogen-bond donors (Lipinski definition) is 1. The first-order valence-corrected chi connectivity index (χ1v) is 7.98. The molecule has 1 aromatic rings. The Balaban J connectivity index is 2.34. The van der Waals surface area contributed by atoms with Crippen molar-refractivity contribution in [3.8, 4) is 0 Å². The molecule has 0 aliphatic heterocycles. The van der Waals surface area contributed by atoms with Gasteiger partial charge in [0.1, 0.15) is 0 Å². The van der Waals surface area contributed by atoms with Crippen molar-refractivity contribution in [2.45, 2.75) is 25.6 Å². The maximum absolute atomic E-state index is 12.0. The standard InChI is InChI=1S/C15H23BrN2O/c1-3-18(4-2)10-6-9-17-15(19)14-8-5-7-13(11-14)12-16/h5,7-8,11H,3-4,6,9-10,12H2,1-2H3,(H,17,19). The first-order valence-electron chi connectivity index (χ1n) is 6.86. The second kappa shape index (κ2) is 9.10. The van der Waals surface area contributed by atoms with Gasteiger partial charge in [-0.15, -0.1) is 0 Å². The summed E-state index contributed by atoms with van der Waals surface area (Å²) in [6.07, 6.45) is 0.992. The van der Waals surface area contributed by atoms with E-state index in [-0.39, 0.29) is 5.91 Å². The fourth-order valence-electron chi connectivity index (χ4n) is 1.94. The summed E-state index contributed by atoms with van der Waals surface area (Å²) in [5.41, 5.74) is 1.86. The van der Waals surface area contributed by atoms with Crippen LogP contribution in [0.5, 0.6) is 0 Å². The number of nitrogens with one attached hydrogen (secondary N) is 1. The van der Waals surface area contributed by atoms with Crippen molar-refractivity contribution in [1.29, 1.82) is 0 Å². The molecule has 0 aliphatic carbocycles. The molecule has 0 saturated heterocycles. The van der Waals surface area contributed by atoms with Crippen LogP contribution < -0.4 is 5.32 Å². The van der Waals surface area contributed by atoms with E-state index in [4.69, 9.17) is 0 Å². The van der Waals surface area contributed by atoms with Crippen molar-refractivity contribution < 1.29 is 4.79 Å². The van der Waals surface area contributed by atoms with E-state index in [9.17, 15) is 4.79 Å². The molecule has 0 saturated carbocycles. The number of hydrogen-bond acceptors (Lipinski definition) is 2. The molecule has 1 rings (SSSR count). The van der Waals surface area contributed by atoms with E-state index in [0.717, 1.165) is 49.1 Å². The molecule has 0 spiro atoms. The Hall–Kier alpha value is -0.870. The largest absolute Gasteiger partial charge is 0.352 e. The Morgan fingerprint density at radius 2 is 2.05 bits per heavy atom. The Kier molecular flexibility index (Phi) is 7.75. The van der Waals surface area contributed by atoms with Crippen LogP contribution in [0.1, 0.15) is 36.2 Å². The molecule has 0 unspecified atom stereocenters. The van der Waals surface area contributed by atoms with Gasteiger partial charge in [-0.2, -0.15) is 0 Å². The zero-order valence-corrected chi connectivity index (χ0v) is 13.4. The van der Waals surface area contributed by atoms with Crippen LogP contribution in [-0.4, -0.2) is 37.0 Å². The molecule has 0 bridgehead atoms. The number of alkyl halides is 1. The lowest BCUT2D eigenvalue weighted by atomic mass is 10.1. The first-order chi connectivity index (χ1) is 9.21. The Morgan fingerprint density at radius 3 is 2.68 bits per heavy atom. The monoisotopic (exact) mass is 326 g/mol. The number of amides is 1. The summed E-state index contributed by atoms with van der Waals surface area (Å²) in [5, 5.41) is 3.75. The molecule has 3 nitrogen and oxygen atoms in total. The third-order valence-corrected chi connectivity index (χ3v) is 3.82. The fourth-order valence-corrected chi connectivity index (χ4v) is 2.29. The van der Waals surface area contributed by atoms with E-state index >= 15 is 0 Å². The summed E-state index contributed by atoms with van der Waals surface area (Å²) in [6.45, 7) is 8.22. The van der Waals surface area contributed by atoms with Gasteiger partial charge in [0.15, 0.2) is 0 Å². The molecule has 0 fully saturated rings. The van der Waals surface area contributed by atoms with E-state index < -0.39 is 0 Å². The minimum absolute atomic E-state index is 0.0161. The summed E-state index contributed by atoms with van der Waals surface area (Å²) < 4.78 is 0. The van der Waals surface area contributed by atoms with E-state index in [1.54, 1.807) is 0 Å². The topological polar surface area (TPSA) is 32.3 Å². The van der Waals surface area contributed by atoms with Gasteiger partial charge < -0.3 is 10.2 Å². The van der Waals surface area contributed by atoms with Gasteiger partial charge >= 0.3 is 0 Å². The molecule has 0 radical (unpaired) electrons. The molecular formula is C15H23BrN2O. The van der Waals surface area contributed by atoms with Crippen LogP contribution in [0.15, 0.2) is 24.3 Å². The van der Waals surface area contributed by atoms with Crippen LogP contribution in [0.2, 0.25) is 0 Å². The molecule has 1 N–H and O–H groups in total. The molecule has 0 aliphatic rings. The van der Waals surface area contributed by atoms with Gasteiger partial charge in [0, 0.05) is 17.4 Å². The van der Waals surface area contributed by atoms with Crippen molar-refractivity contribution in [3.05, 3.63) is 35.4 Å². The lowest BCUT2D eigenvalue weighted by Crippen LogP contribution is -2.29. The molecule has 4 heteroatoms. The molecule has 0 atom stereocenters. The summed E-state index contributed by atoms with van der Waals surface area (Å²) in [4.78, 5) is 14.3. The van der Waals surface area contributed by atoms with Crippen molar-refractivity contribution in [2.75, 3.05) is 26.2 Å². The molecule has 1 amide bonds. The summed E-state index contributed by atoms with van der Waals surface area (Å²) in [6, 6.07) is 7.70. The quantitative estimate of drug-likeness (QED) is 0.588. The zero-order valence-electron chi connectivity index (χ0n) is 11.8. The normalized spacial score (nSPS) is 10.7. The van der Waals surface area contributed by atoms with Crippen LogP contribution in [0, 0.1) is 0 Å². The van der Waals surface area contributed by atoms with Gasteiger partial charge in [-0.25, -0.2) is 0 Å². The van der Waals surface area contributed by atoms with Gasteiger partial charge in [-0.05, 0) is 43.8 Å². The Bertz CT molecular complexity index is 391. The van der Waals surface area contributed by atoms with Crippen LogP contribution in [-0.2, 0) is 5.33 Å². The molecular weight excluding hydrogens is 304 g/mol. The van der Waals surface area contributed by atoms with Crippen LogP contribution in [0.3, 0.4) is 0 Å². The van der Waals surface area contributed by atoms with E-state index in [1.807, 2.05) is 24.3 Å². The zero-order chi connectivity index (χ0) is 14.1. The van der Waals surface area contributed by atoms with Crippen molar-refractivity contribution in [1.82, 2.24) is 10.2 Å². The Labute approximate surface area is 124 Å². The highest BCUT2D eigenvalue weighted by Crippen LogP contribution is 2.08. The third-order valence-electron chi connectivity index (χ3n) is 3.17. The fraction of sp³-hybridized carbons (Fsp3) is 0.533. The SMILES string of the molecule is CCN(CC)CCCNC(=O)c1cccc(CBr)c1. The van der Waals surface area contributed by atoms with Crippen molar-refractivity contribution in [2.24, 2.45) is 0 Å². The molecule has 106 valence electrons. The Morgan fingerprint density at radius 1 is 1.32 bits per heavy atom. The average molecular weight is 327 g/mol. The molecule has 19 heavy (non-hydrogen) atoms. The minimum atomic E-state index is 0.0161. The lowest BCUT2D eigenvalue weighted by molar-refractivity contribution is 0.0951. The molecule has 0 aromatic heterocycles. The lowest BCUT2D eigenvalue weighted by Gasteiger charge is -2.17. The second-order valence-corrected chi connectivity index (χ2v) is 5.03. The van der Waals surface area contributed by atoms with Gasteiger partial charge in [0.05, 0.1) is 0 Å². The van der Waals surface area contributed by atoms with Gasteiger partial charge in [0.2, 0.25) is 0 Å². The predicted molar refractivity (Wildman–Crippen MR) is 83.8 cm³/mol. The summed E-state index contributed by atoms with van der Waals surface area (Å²) in [5.74, 6) is 0.0161. The van der Waals surface area contributed by atoms with Gasteiger partial charge in [-0.1, -0.05) is 41.9 Å². The number of benzene rings is 1. The highest BCUT2D eigenvalue weighted by molar-refractivity contribution is 9.08. The smallest absolute Gasteiger partial charge is 0.251 e. The van der Waals surface area contributed by atoms with Crippen molar-refractivity contribution >= 4 is 21.8 Å². The van der Waals surface area contributed by atoms with E-state index in [1.165, 1.54) is 0 Å². The van der Waals surface area contributed by atoms with E-state index in [2.05, 4.69) is 40.0 Å². The number of carbonyl (C=O) groups excluding carboxylic acids is 1. The van der Waals surface area contributed by atoms with Crippen LogP contribution in [0.4, 0.5) is 0 Å². The number of halogens is 1. The number of carbonyl (C=O) groups is 1. The van der Waals surface area contributed by atoms with Gasteiger partial charge in [-0.3, -0.25) is 4.79 Å². The minimum Gasteiger partial charge on any atom is -0.352 e. The summed E-state index contributed by atoms with van der Waals surface area (Å²) >= 11 is 3.40. The molecule has 1 aromatic carbocycles. The van der Waals surface area contributed by atoms with Crippen LogP contribution >= 0.6 is 15.9 Å².